The fraction of sp³-hybridized carbons (Fsp3) is 1.00. The lowest BCUT2D eigenvalue weighted by molar-refractivity contribution is -0.0844. The number of ether oxygens (including phenoxy) is 2. The number of rotatable bonds is 3. The van der Waals surface area contributed by atoms with Crippen molar-refractivity contribution in [2.75, 3.05) is 19.8 Å². The first-order chi connectivity index (χ1) is 5.75. The number of hydrogen-bond acceptors (Lipinski definition) is 2. The Labute approximate surface area is 75.2 Å². The zero-order chi connectivity index (χ0) is 8.97. The summed E-state index contributed by atoms with van der Waals surface area (Å²) in [5, 5.41) is 0. The third-order valence-electron chi connectivity index (χ3n) is 2.57. The van der Waals surface area contributed by atoms with Gasteiger partial charge >= 0.3 is 0 Å². The molecule has 1 aliphatic heterocycles. The first-order valence-corrected chi connectivity index (χ1v) is 4.95. The summed E-state index contributed by atoms with van der Waals surface area (Å²) in [5.74, 6) is 1.26. The van der Waals surface area contributed by atoms with Crippen LogP contribution in [-0.2, 0) is 9.47 Å². The molecular weight excluding hydrogens is 152 g/mol. The summed E-state index contributed by atoms with van der Waals surface area (Å²) in [6, 6.07) is 0. The number of hydrogen-bond donors (Lipinski definition) is 0. The Hall–Kier alpha value is -0.0800. The second-order valence-corrected chi connectivity index (χ2v) is 3.77. The average Bonchev–Trinajstić information content (AvgIpc) is 2.05. The standard InChI is InChI=1S/C10H20O2/c1-4-12-10-5-6-11-7-9(10)8(2)3/h8-10H,4-7H2,1-3H3/t9-,10-/m1/s1. The first-order valence-electron chi connectivity index (χ1n) is 4.95. The molecular formula is C10H20O2. The topological polar surface area (TPSA) is 18.5 Å². The van der Waals surface area contributed by atoms with Crippen molar-refractivity contribution < 1.29 is 9.47 Å². The summed E-state index contributed by atoms with van der Waals surface area (Å²) < 4.78 is 11.1. The molecule has 0 N–H and O–H groups in total. The fourth-order valence-corrected chi connectivity index (χ4v) is 1.78. The molecule has 0 aromatic rings. The Bertz CT molecular complexity index is 121. The minimum absolute atomic E-state index is 0.434. The zero-order valence-electron chi connectivity index (χ0n) is 8.38. The third kappa shape index (κ3) is 2.46. The van der Waals surface area contributed by atoms with Crippen LogP contribution < -0.4 is 0 Å². The van der Waals surface area contributed by atoms with Crippen LogP contribution in [0.15, 0.2) is 0 Å². The van der Waals surface area contributed by atoms with Crippen LogP contribution in [0, 0.1) is 11.8 Å². The molecule has 1 aliphatic rings. The summed E-state index contributed by atoms with van der Waals surface area (Å²) in [4.78, 5) is 0. The summed E-state index contributed by atoms with van der Waals surface area (Å²) in [6.07, 6.45) is 1.50. The smallest absolute Gasteiger partial charge is 0.0649 e. The van der Waals surface area contributed by atoms with E-state index in [0.717, 1.165) is 26.2 Å². The van der Waals surface area contributed by atoms with Gasteiger partial charge in [-0.3, -0.25) is 0 Å². The van der Waals surface area contributed by atoms with Crippen LogP contribution in [0.1, 0.15) is 27.2 Å². The quantitative estimate of drug-likeness (QED) is 0.649. The van der Waals surface area contributed by atoms with E-state index in [2.05, 4.69) is 20.8 Å². The summed E-state index contributed by atoms with van der Waals surface area (Å²) in [6.45, 7) is 9.12. The van der Waals surface area contributed by atoms with E-state index in [1.165, 1.54) is 0 Å². The predicted molar refractivity (Wildman–Crippen MR) is 49.2 cm³/mol. The molecule has 1 heterocycles. The van der Waals surface area contributed by atoms with Gasteiger partial charge < -0.3 is 9.47 Å². The van der Waals surface area contributed by atoms with Gasteiger partial charge in [-0.25, -0.2) is 0 Å². The molecule has 0 unspecified atom stereocenters. The molecule has 0 radical (unpaired) electrons. The maximum absolute atomic E-state index is 5.68. The van der Waals surface area contributed by atoms with E-state index in [4.69, 9.17) is 9.47 Å². The molecule has 1 fully saturated rings. The molecule has 0 aliphatic carbocycles. The molecule has 0 saturated carbocycles. The predicted octanol–water partition coefficient (Wildman–Crippen LogP) is 2.08. The van der Waals surface area contributed by atoms with Gasteiger partial charge in [-0.05, 0) is 19.3 Å². The van der Waals surface area contributed by atoms with Crippen LogP contribution >= 0.6 is 0 Å². The van der Waals surface area contributed by atoms with Crippen LogP contribution in [0.2, 0.25) is 0 Å². The van der Waals surface area contributed by atoms with Gasteiger partial charge in [-0.1, -0.05) is 13.8 Å². The zero-order valence-corrected chi connectivity index (χ0v) is 8.38. The minimum Gasteiger partial charge on any atom is -0.381 e. The highest BCUT2D eigenvalue weighted by Gasteiger charge is 2.28. The Kier molecular flexibility index (Phi) is 4.02. The van der Waals surface area contributed by atoms with E-state index in [9.17, 15) is 0 Å². The van der Waals surface area contributed by atoms with Crippen molar-refractivity contribution in [3.63, 3.8) is 0 Å². The third-order valence-corrected chi connectivity index (χ3v) is 2.57. The van der Waals surface area contributed by atoms with Crippen molar-refractivity contribution >= 4 is 0 Å². The van der Waals surface area contributed by atoms with Gasteiger partial charge in [0, 0.05) is 19.1 Å². The molecule has 0 spiro atoms. The van der Waals surface area contributed by atoms with Crippen molar-refractivity contribution in [2.45, 2.75) is 33.3 Å². The molecule has 2 atom stereocenters. The van der Waals surface area contributed by atoms with Gasteiger partial charge in [0.1, 0.15) is 0 Å². The van der Waals surface area contributed by atoms with E-state index < -0.39 is 0 Å². The molecule has 12 heavy (non-hydrogen) atoms. The SMILES string of the molecule is CCO[C@@H]1CCOC[C@@H]1C(C)C. The molecule has 0 amide bonds. The lowest BCUT2D eigenvalue weighted by atomic mass is 9.88. The van der Waals surface area contributed by atoms with Crippen LogP contribution in [0.5, 0.6) is 0 Å². The van der Waals surface area contributed by atoms with E-state index in [-0.39, 0.29) is 0 Å². The molecule has 1 rings (SSSR count). The van der Waals surface area contributed by atoms with Gasteiger partial charge in [0.2, 0.25) is 0 Å². The molecule has 1 saturated heterocycles. The summed E-state index contributed by atoms with van der Waals surface area (Å²) >= 11 is 0. The van der Waals surface area contributed by atoms with Crippen molar-refractivity contribution in [3.8, 4) is 0 Å². The van der Waals surface area contributed by atoms with Crippen LogP contribution in [0.25, 0.3) is 0 Å². The van der Waals surface area contributed by atoms with E-state index in [1.54, 1.807) is 0 Å². The van der Waals surface area contributed by atoms with Gasteiger partial charge in [0.15, 0.2) is 0 Å². The van der Waals surface area contributed by atoms with Crippen molar-refractivity contribution in [2.24, 2.45) is 11.8 Å². The second kappa shape index (κ2) is 4.83. The lowest BCUT2D eigenvalue weighted by Gasteiger charge is -2.33. The molecule has 0 aromatic heterocycles. The van der Waals surface area contributed by atoms with Gasteiger partial charge in [0.05, 0.1) is 12.7 Å². The van der Waals surface area contributed by atoms with E-state index in [1.807, 2.05) is 0 Å². The van der Waals surface area contributed by atoms with Crippen molar-refractivity contribution in [1.29, 1.82) is 0 Å². The van der Waals surface area contributed by atoms with E-state index >= 15 is 0 Å². The lowest BCUT2D eigenvalue weighted by Crippen LogP contribution is -2.37. The van der Waals surface area contributed by atoms with Gasteiger partial charge in [-0.2, -0.15) is 0 Å². The molecule has 2 heteroatoms. The average molecular weight is 172 g/mol. The van der Waals surface area contributed by atoms with Gasteiger partial charge in [-0.15, -0.1) is 0 Å². The molecule has 0 bridgehead atoms. The highest BCUT2D eigenvalue weighted by Crippen LogP contribution is 2.24. The van der Waals surface area contributed by atoms with E-state index in [0.29, 0.717) is 17.9 Å². The maximum Gasteiger partial charge on any atom is 0.0649 e. The second-order valence-electron chi connectivity index (χ2n) is 3.77. The maximum atomic E-state index is 5.68. The molecule has 0 aromatic carbocycles. The largest absolute Gasteiger partial charge is 0.381 e. The Morgan fingerprint density at radius 1 is 1.50 bits per heavy atom. The minimum atomic E-state index is 0.434. The Morgan fingerprint density at radius 3 is 2.83 bits per heavy atom. The first kappa shape index (κ1) is 10.0. The highest BCUT2D eigenvalue weighted by molar-refractivity contribution is 4.76. The van der Waals surface area contributed by atoms with Crippen LogP contribution in [-0.4, -0.2) is 25.9 Å². The molecule has 72 valence electrons. The Balaban J connectivity index is 2.42. The summed E-state index contributed by atoms with van der Waals surface area (Å²) in [7, 11) is 0. The van der Waals surface area contributed by atoms with Crippen LogP contribution in [0.3, 0.4) is 0 Å². The van der Waals surface area contributed by atoms with Crippen LogP contribution in [0.4, 0.5) is 0 Å². The van der Waals surface area contributed by atoms with Crippen molar-refractivity contribution in [3.05, 3.63) is 0 Å². The monoisotopic (exact) mass is 172 g/mol. The fourth-order valence-electron chi connectivity index (χ4n) is 1.78. The highest BCUT2D eigenvalue weighted by atomic mass is 16.5. The summed E-state index contributed by atoms with van der Waals surface area (Å²) in [5.41, 5.74) is 0. The van der Waals surface area contributed by atoms with Crippen molar-refractivity contribution in [1.82, 2.24) is 0 Å². The van der Waals surface area contributed by atoms with Gasteiger partial charge in [0.25, 0.3) is 0 Å². The normalized spacial score (nSPS) is 31.0. The Morgan fingerprint density at radius 2 is 2.25 bits per heavy atom. The molecule has 2 nitrogen and oxygen atoms in total.